The summed E-state index contributed by atoms with van der Waals surface area (Å²) in [5.41, 5.74) is 2.93. The summed E-state index contributed by atoms with van der Waals surface area (Å²) >= 11 is 0. The zero-order valence-corrected chi connectivity index (χ0v) is 18.0. The van der Waals surface area contributed by atoms with E-state index in [0.29, 0.717) is 0 Å². The zero-order valence-electron chi connectivity index (χ0n) is 14.4. The van der Waals surface area contributed by atoms with Gasteiger partial charge in [0, 0.05) is 9.52 Å². The van der Waals surface area contributed by atoms with Gasteiger partial charge < -0.3 is 9.41 Å². The van der Waals surface area contributed by atoms with Gasteiger partial charge in [-0.15, -0.1) is 12.8 Å². The molecule has 0 saturated carbocycles. The van der Waals surface area contributed by atoms with Crippen LogP contribution in [0.25, 0.3) is 0 Å². The first-order valence-electron chi connectivity index (χ1n) is 7.53. The van der Waals surface area contributed by atoms with Crippen molar-refractivity contribution in [2.75, 3.05) is 0 Å². The van der Waals surface area contributed by atoms with E-state index < -0.39 is 0 Å². The van der Waals surface area contributed by atoms with Crippen molar-refractivity contribution in [3.05, 3.63) is 47.6 Å². The molecule has 0 amide bonds. The van der Waals surface area contributed by atoms with Crippen LogP contribution in [0.5, 0.6) is 0 Å². The van der Waals surface area contributed by atoms with E-state index in [-0.39, 0.29) is 35.6 Å². The van der Waals surface area contributed by atoms with E-state index >= 15 is 0 Å². The molecule has 1 radical (unpaired) electrons. The SMILES string of the molecule is CCCC1=CC[C-]=C1.CCCC1=CC[C-]=C1.C[SiH]C.[F-].[F-].[Zr+4]. The summed E-state index contributed by atoms with van der Waals surface area (Å²) in [5.74, 6) is 0. The first-order valence-corrected chi connectivity index (χ1v) is 9.84. The molecular formula is C18H29F2SiZr. The molecule has 0 heterocycles. The largest absolute Gasteiger partial charge is 4.00 e. The summed E-state index contributed by atoms with van der Waals surface area (Å²) < 4.78 is 0. The van der Waals surface area contributed by atoms with Crippen molar-refractivity contribution in [1.82, 2.24) is 0 Å². The van der Waals surface area contributed by atoms with Gasteiger partial charge in [0.1, 0.15) is 0 Å². The average Bonchev–Trinajstić information content (AvgIpc) is 3.05. The monoisotopic (exact) mass is 401 g/mol. The number of rotatable bonds is 4. The van der Waals surface area contributed by atoms with Gasteiger partial charge in [-0.05, 0) is 0 Å². The minimum atomic E-state index is 0. The van der Waals surface area contributed by atoms with Crippen LogP contribution in [0.15, 0.2) is 35.5 Å². The summed E-state index contributed by atoms with van der Waals surface area (Å²) in [5, 5.41) is 0. The van der Waals surface area contributed by atoms with Crippen LogP contribution in [-0.2, 0) is 26.2 Å². The molecule has 0 fully saturated rings. The normalized spacial score (nSPS) is 13.1. The number of halogens is 2. The minimum absolute atomic E-state index is 0. The molecule has 0 N–H and O–H groups in total. The Morgan fingerprint density at radius 2 is 1.18 bits per heavy atom. The Morgan fingerprint density at radius 3 is 1.36 bits per heavy atom. The number of hydrogen-bond acceptors (Lipinski definition) is 0. The predicted octanol–water partition coefficient (Wildman–Crippen LogP) is -0.523. The zero-order chi connectivity index (χ0) is 14.3. The van der Waals surface area contributed by atoms with Crippen molar-refractivity contribution in [2.24, 2.45) is 0 Å². The van der Waals surface area contributed by atoms with Crippen LogP contribution >= 0.6 is 0 Å². The van der Waals surface area contributed by atoms with Gasteiger partial charge in [0.25, 0.3) is 0 Å². The molecular weight excluding hydrogens is 374 g/mol. The molecule has 0 saturated heterocycles. The molecule has 0 atom stereocenters. The second-order valence-corrected chi connectivity index (χ2v) is 5.90. The maximum atomic E-state index is 3.14. The molecule has 0 aliphatic heterocycles. The van der Waals surface area contributed by atoms with E-state index in [1.165, 1.54) is 36.8 Å². The summed E-state index contributed by atoms with van der Waals surface area (Å²) in [6.07, 6.45) is 22.0. The molecule has 123 valence electrons. The topological polar surface area (TPSA) is 0 Å². The van der Waals surface area contributed by atoms with Crippen molar-refractivity contribution < 1.29 is 35.6 Å². The second kappa shape index (κ2) is 23.2. The standard InChI is InChI=1S/2C8H11.C2H7Si.2FH.Zr/c2*1-2-5-8-6-3-4-7-8;1-3-2;;;/h2*6-7H,2-3,5H2,1H3;3H,1-2H3;2*1H;/q2*-1;;;;+4/p-2. The van der Waals surface area contributed by atoms with E-state index in [2.05, 4.69) is 63.4 Å². The third-order valence-corrected chi connectivity index (χ3v) is 2.62. The fourth-order valence-electron chi connectivity index (χ4n) is 1.80. The van der Waals surface area contributed by atoms with Crippen LogP contribution in [0, 0.1) is 12.2 Å². The maximum absolute atomic E-state index is 3.14. The van der Waals surface area contributed by atoms with E-state index in [9.17, 15) is 0 Å². The Balaban J connectivity index is -0.000000112. The molecule has 0 nitrogen and oxygen atoms in total. The van der Waals surface area contributed by atoms with Gasteiger partial charge >= 0.3 is 26.2 Å². The van der Waals surface area contributed by atoms with Gasteiger partial charge in [-0.25, -0.2) is 23.3 Å². The molecule has 0 aromatic carbocycles. The molecule has 0 unspecified atom stereocenters. The predicted molar refractivity (Wildman–Crippen MR) is 89.7 cm³/mol. The van der Waals surface area contributed by atoms with Crippen molar-refractivity contribution in [2.45, 2.75) is 65.5 Å². The van der Waals surface area contributed by atoms with Gasteiger partial charge in [-0.1, -0.05) is 52.6 Å². The van der Waals surface area contributed by atoms with Gasteiger partial charge in [0.2, 0.25) is 0 Å². The van der Waals surface area contributed by atoms with E-state index in [1.54, 1.807) is 0 Å². The summed E-state index contributed by atoms with van der Waals surface area (Å²) in [7, 11) is 0.750. The molecule has 0 bridgehead atoms. The summed E-state index contributed by atoms with van der Waals surface area (Å²) in [4.78, 5) is 0. The van der Waals surface area contributed by atoms with Gasteiger partial charge in [0.05, 0.1) is 0 Å². The van der Waals surface area contributed by atoms with E-state index in [0.717, 1.165) is 22.4 Å². The molecule has 2 aliphatic carbocycles. The van der Waals surface area contributed by atoms with Crippen LogP contribution < -0.4 is 9.41 Å². The fraction of sp³-hybridized carbons (Fsp3) is 0.556. The van der Waals surface area contributed by atoms with Crippen LogP contribution in [0.3, 0.4) is 0 Å². The van der Waals surface area contributed by atoms with Crippen molar-refractivity contribution in [1.29, 1.82) is 0 Å². The Bertz CT molecular complexity index is 302. The number of allylic oxidation sites excluding steroid dienone is 8. The van der Waals surface area contributed by atoms with Crippen LogP contribution in [0.4, 0.5) is 0 Å². The third kappa shape index (κ3) is 18.0. The van der Waals surface area contributed by atoms with Crippen LogP contribution in [0.1, 0.15) is 52.4 Å². The molecule has 4 heteroatoms. The van der Waals surface area contributed by atoms with Crippen molar-refractivity contribution >= 4 is 9.52 Å². The summed E-state index contributed by atoms with van der Waals surface area (Å²) in [6, 6.07) is 0. The first kappa shape index (κ1) is 29.9. The molecule has 22 heavy (non-hydrogen) atoms. The van der Waals surface area contributed by atoms with E-state index in [1.807, 2.05) is 0 Å². The molecule has 0 aromatic rings. The first-order chi connectivity index (χ1) is 9.28. The van der Waals surface area contributed by atoms with Gasteiger partial charge in [-0.3, -0.25) is 12.2 Å². The van der Waals surface area contributed by atoms with Crippen molar-refractivity contribution in [3.8, 4) is 0 Å². The molecule has 0 aromatic heterocycles. The smallest absolute Gasteiger partial charge is 1.00 e. The average molecular weight is 403 g/mol. The third-order valence-electron chi connectivity index (χ3n) is 2.62. The quantitative estimate of drug-likeness (QED) is 0.438. The van der Waals surface area contributed by atoms with Crippen molar-refractivity contribution in [3.63, 3.8) is 0 Å². The Hall–Kier alpha value is -0.0800. The van der Waals surface area contributed by atoms with Gasteiger partial charge in [-0.2, -0.15) is 12.2 Å². The number of hydrogen-bond donors (Lipinski definition) is 0. The Kier molecular flexibility index (Phi) is 31.5. The molecule has 2 aliphatic rings. The minimum Gasteiger partial charge on any atom is -1.00 e. The molecule has 0 spiro atoms. The maximum Gasteiger partial charge on any atom is 4.00 e. The summed E-state index contributed by atoms with van der Waals surface area (Å²) in [6.45, 7) is 8.82. The second-order valence-electron chi connectivity index (χ2n) is 4.74. The van der Waals surface area contributed by atoms with Gasteiger partial charge in [0.15, 0.2) is 0 Å². The van der Waals surface area contributed by atoms with Crippen LogP contribution in [0.2, 0.25) is 13.1 Å². The Morgan fingerprint density at radius 1 is 0.864 bits per heavy atom. The fourth-order valence-corrected chi connectivity index (χ4v) is 1.80. The van der Waals surface area contributed by atoms with E-state index in [4.69, 9.17) is 0 Å². The van der Waals surface area contributed by atoms with Crippen LogP contribution in [-0.4, -0.2) is 9.52 Å². The molecule has 2 rings (SSSR count). The Labute approximate surface area is 157 Å².